The van der Waals surface area contributed by atoms with Gasteiger partial charge in [0, 0.05) is 23.3 Å². The van der Waals surface area contributed by atoms with Crippen LogP contribution in [0.3, 0.4) is 0 Å². The summed E-state index contributed by atoms with van der Waals surface area (Å²) in [5, 5.41) is 11.3. The van der Waals surface area contributed by atoms with Crippen LogP contribution >= 0.6 is 0 Å². The van der Waals surface area contributed by atoms with E-state index in [-0.39, 0.29) is 11.5 Å². The van der Waals surface area contributed by atoms with Crippen LogP contribution < -0.4 is 4.98 Å². The summed E-state index contributed by atoms with van der Waals surface area (Å²) in [5.74, 6) is 0.383. The number of rotatable bonds is 4. The fourth-order valence-electron chi connectivity index (χ4n) is 3.18. The van der Waals surface area contributed by atoms with E-state index in [0.717, 1.165) is 33.6 Å². The lowest BCUT2D eigenvalue weighted by Crippen LogP contribution is -2.06. The number of nitro groups is 1. The Morgan fingerprint density at radius 1 is 0.964 bits per heavy atom. The molecule has 3 aromatic carbocycles. The largest absolute Gasteiger partial charge is 0.285 e. The Bertz CT molecular complexity index is 1150. The highest BCUT2D eigenvalue weighted by molar-refractivity contribution is 5.80. The van der Waals surface area contributed by atoms with Gasteiger partial charge >= 0.3 is 0 Å². The van der Waals surface area contributed by atoms with Crippen molar-refractivity contribution in [1.82, 2.24) is 4.98 Å². The molecule has 0 fully saturated rings. The van der Waals surface area contributed by atoms with Gasteiger partial charge in [-0.25, -0.2) is 14.4 Å². The number of aromatic nitrogens is 2. The van der Waals surface area contributed by atoms with E-state index in [0.29, 0.717) is 5.82 Å². The van der Waals surface area contributed by atoms with Crippen LogP contribution in [0.5, 0.6) is 0 Å². The molecule has 0 radical (unpaired) electrons. The van der Waals surface area contributed by atoms with E-state index >= 15 is 0 Å². The molecule has 4 rings (SSSR count). The summed E-state index contributed by atoms with van der Waals surface area (Å²) < 4.78 is 13.3. The molecule has 0 aliphatic carbocycles. The van der Waals surface area contributed by atoms with Gasteiger partial charge in [-0.05, 0) is 36.8 Å². The minimum absolute atomic E-state index is 0.0255. The third-order valence-electron chi connectivity index (χ3n) is 4.65. The van der Waals surface area contributed by atoms with Crippen molar-refractivity contribution in [2.24, 2.45) is 0 Å². The van der Waals surface area contributed by atoms with Gasteiger partial charge in [-0.15, -0.1) is 0 Å². The maximum Gasteiger partial charge on any atom is 0.285 e. The van der Waals surface area contributed by atoms with Crippen LogP contribution in [0.4, 0.5) is 10.1 Å². The Morgan fingerprint density at radius 2 is 1.68 bits per heavy atom. The quantitative estimate of drug-likeness (QED) is 0.394. The van der Waals surface area contributed by atoms with Crippen LogP contribution in [-0.2, 0) is 0 Å². The minimum Gasteiger partial charge on any atom is -0.258 e. The predicted octanol–water partition coefficient (Wildman–Crippen LogP) is 5.19. The summed E-state index contributed by atoms with van der Waals surface area (Å²) in [4.78, 5) is 17.6. The van der Waals surface area contributed by atoms with E-state index in [1.807, 2.05) is 37.3 Å². The van der Waals surface area contributed by atoms with Crippen molar-refractivity contribution < 1.29 is 14.3 Å². The molecule has 1 aromatic heterocycles. The highest BCUT2D eigenvalue weighted by atomic mass is 19.1. The Hall–Kier alpha value is -3.80. The highest BCUT2D eigenvalue weighted by Gasteiger charge is 2.24. The van der Waals surface area contributed by atoms with Crippen LogP contribution in [0.1, 0.15) is 5.56 Å². The van der Waals surface area contributed by atoms with Crippen molar-refractivity contribution in [1.29, 1.82) is 0 Å². The zero-order valence-electron chi connectivity index (χ0n) is 15.1. The number of non-ortho nitro benzene ring substituents is 1. The minimum atomic E-state index is -0.404. The zero-order valence-corrected chi connectivity index (χ0v) is 15.1. The first-order chi connectivity index (χ1) is 13.5. The maximum absolute atomic E-state index is 13.3. The first kappa shape index (κ1) is 17.6. The lowest BCUT2D eigenvalue weighted by atomic mass is 10.0. The average Bonchev–Trinajstić information content (AvgIpc) is 3.14. The van der Waals surface area contributed by atoms with Crippen molar-refractivity contribution in [3.05, 3.63) is 94.3 Å². The van der Waals surface area contributed by atoms with Crippen LogP contribution in [-0.4, -0.2) is 9.91 Å². The van der Waals surface area contributed by atoms with Gasteiger partial charge < -0.3 is 0 Å². The summed E-state index contributed by atoms with van der Waals surface area (Å²) in [6, 6.07) is 20.6. The number of imidazole rings is 1. The number of aryl methyl sites for hydroxylation is 1. The third-order valence-corrected chi connectivity index (χ3v) is 4.65. The first-order valence-electron chi connectivity index (χ1n) is 8.75. The molecule has 1 heterocycles. The molecular formula is C22H17FN3O2+. The molecule has 0 spiro atoms. The first-order valence-corrected chi connectivity index (χ1v) is 8.75. The molecule has 0 bridgehead atoms. The van der Waals surface area contributed by atoms with Crippen molar-refractivity contribution in [3.8, 4) is 33.9 Å². The third kappa shape index (κ3) is 3.27. The molecule has 5 nitrogen and oxygen atoms in total. The second-order valence-corrected chi connectivity index (χ2v) is 6.50. The summed E-state index contributed by atoms with van der Waals surface area (Å²) in [5.41, 5.74) is 4.94. The molecule has 0 atom stereocenters. The average molecular weight is 374 g/mol. The number of benzene rings is 3. The summed E-state index contributed by atoms with van der Waals surface area (Å²) in [7, 11) is 0. The SMILES string of the molecule is Cc1ccc([N+](=O)[O-])cc1-c1[nH]c(-c2ccc(F)cc2)[nH+]c1-c1ccccc1. The second-order valence-electron chi connectivity index (χ2n) is 6.50. The van der Waals surface area contributed by atoms with E-state index in [1.54, 1.807) is 24.3 Å². The number of halogens is 1. The van der Waals surface area contributed by atoms with Crippen LogP contribution in [0.2, 0.25) is 0 Å². The molecule has 4 aromatic rings. The zero-order chi connectivity index (χ0) is 19.7. The molecule has 6 heteroatoms. The van der Waals surface area contributed by atoms with Gasteiger partial charge in [0.05, 0.1) is 10.5 Å². The summed E-state index contributed by atoms with van der Waals surface area (Å²) in [6.07, 6.45) is 0. The van der Waals surface area contributed by atoms with Crippen molar-refractivity contribution in [2.45, 2.75) is 6.92 Å². The van der Waals surface area contributed by atoms with Crippen LogP contribution in [0.15, 0.2) is 72.8 Å². The fraction of sp³-hybridized carbons (Fsp3) is 0.0455. The highest BCUT2D eigenvalue weighted by Crippen LogP contribution is 2.34. The van der Waals surface area contributed by atoms with E-state index in [2.05, 4.69) is 9.97 Å². The lowest BCUT2D eigenvalue weighted by Gasteiger charge is -2.03. The standard InChI is InChI=1S/C22H16FN3O2/c1-14-7-12-18(26(27)28)13-19(14)21-20(15-5-3-2-4-6-15)24-22(25-21)16-8-10-17(23)11-9-16/h2-13H,1H3,(H,24,25)/p+1. The molecular weight excluding hydrogens is 357 g/mol. The predicted molar refractivity (Wildman–Crippen MR) is 105 cm³/mol. The number of hydrogen-bond donors (Lipinski definition) is 1. The number of hydrogen-bond acceptors (Lipinski definition) is 2. The Labute approximate surface area is 160 Å². The normalized spacial score (nSPS) is 10.8. The van der Waals surface area contributed by atoms with E-state index in [9.17, 15) is 14.5 Å². The van der Waals surface area contributed by atoms with Gasteiger partial charge in [-0.3, -0.25) is 10.1 Å². The lowest BCUT2D eigenvalue weighted by molar-refractivity contribution is -0.384. The Kier molecular flexibility index (Phi) is 4.45. The van der Waals surface area contributed by atoms with E-state index in [4.69, 9.17) is 0 Å². The molecule has 0 aliphatic heterocycles. The number of nitrogens with one attached hydrogen (secondary N) is 2. The number of nitro benzene ring substituents is 1. The van der Waals surface area contributed by atoms with E-state index in [1.165, 1.54) is 18.2 Å². The smallest absolute Gasteiger partial charge is 0.258 e. The summed E-state index contributed by atoms with van der Waals surface area (Å²) in [6.45, 7) is 1.91. The molecule has 0 saturated carbocycles. The van der Waals surface area contributed by atoms with Crippen LogP contribution in [0, 0.1) is 22.9 Å². The second kappa shape index (κ2) is 7.08. The Balaban J connectivity index is 1.94. The molecule has 0 unspecified atom stereocenters. The van der Waals surface area contributed by atoms with Gasteiger partial charge in [-0.2, -0.15) is 0 Å². The monoisotopic (exact) mass is 374 g/mol. The topological polar surface area (TPSA) is 73.1 Å². The van der Waals surface area contributed by atoms with Gasteiger partial charge in [0.15, 0.2) is 11.4 Å². The van der Waals surface area contributed by atoms with Crippen molar-refractivity contribution in [2.75, 3.05) is 0 Å². The fourth-order valence-corrected chi connectivity index (χ4v) is 3.18. The molecule has 0 amide bonds. The number of H-pyrrole nitrogens is 2. The van der Waals surface area contributed by atoms with Gasteiger partial charge in [-0.1, -0.05) is 36.4 Å². The van der Waals surface area contributed by atoms with E-state index < -0.39 is 4.92 Å². The summed E-state index contributed by atoms with van der Waals surface area (Å²) >= 11 is 0. The van der Waals surface area contributed by atoms with Gasteiger partial charge in [0.25, 0.3) is 11.5 Å². The molecule has 2 N–H and O–H groups in total. The van der Waals surface area contributed by atoms with Gasteiger partial charge in [0.1, 0.15) is 5.82 Å². The molecule has 0 saturated heterocycles. The molecule has 0 aliphatic rings. The van der Waals surface area contributed by atoms with Gasteiger partial charge in [0.2, 0.25) is 0 Å². The molecule has 138 valence electrons. The number of aromatic amines is 2. The molecule has 28 heavy (non-hydrogen) atoms. The van der Waals surface area contributed by atoms with Crippen LogP contribution in [0.25, 0.3) is 33.9 Å². The maximum atomic E-state index is 13.3. The Morgan fingerprint density at radius 3 is 2.36 bits per heavy atom. The number of nitrogens with zero attached hydrogens (tertiary/aromatic N) is 1. The van der Waals surface area contributed by atoms with Crippen molar-refractivity contribution in [3.63, 3.8) is 0 Å². The van der Waals surface area contributed by atoms with Crippen molar-refractivity contribution >= 4 is 5.69 Å².